The monoisotopic (exact) mass is 520 g/mol. The quantitative estimate of drug-likeness (QED) is 0.316. The van der Waals surface area contributed by atoms with Crippen molar-refractivity contribution in [1.29, 1.82) is 0 Å². The molecule has 0 aliphatic rings. The van der Waals surface area contributed by atoms with Crippen molar-refractivity contribution >= 4 is 52.1 Å². The molecular formula is C19H30FIN6S. The molecule has 0 saturated heterocycles. The number of guanidine groups is 1. The summed E-state index contributed by atoms with van der Waals surface area (Å²) in [5.74, 6) is 0.460. The molecule has 0 spiro atoms. The van der Waals surface area contributed by atoms with Crippen molar-refractivity contribution in [3.8, 4) is 0 Å². The van der Waals surface area contributed by atoms with Gasteiger partial charge in [-0.1, -0.05) is 6.07 Å². The fourth-order valence-corrected chi connectivity index (χ4v) is 3.40. The summed E-state index contributed by atoms with van der Waals surface area (Å²) in [6.07, 6.45) is 0. The Morgan fingerprint density at radius 2 is 1.86 bits per heavy atom. The molecule has 0 aliphatic carbocycles. The number of rotatable bonds is 8. The summed E-state index contributed by atoms with van der Waals surface area (Å²) in [5.41, 5.74) is 2.47. The van der Waals surface area contributed by atoms with Gasteiger partial charge >= 0.3 is 0 Å². The standard InChI is InChI=1S/C19H29FN6S.HI/c1-6-26(7-2)17-9-8-14(10-16(17)20)11-22-18(21-3)23-12-15-13-27-19(24-15)25(4)5;/h8-10,13H,6-7,11-12H2,1-5H3,(H2,21,22,23);1H. The summed E-state index contributed by atoms with van der Waals surface area (Å²) >= 11 is 1.60. The summed E-state index contributed by atoms with van der Waals surface area (Å²) in [4.78, 5) is 12.7. The van der Waals surface area contributed by atoms with Gasteiger partial charge in [-0.3, -0.25) is 4.99 Å². The van der Waals surface area contributed by atoms with Crippen LogP contribution in [0.3, 0.4) is 0 Å². The van der Waals surface area contributed by atoms with Crippen LogP contribution < -0.4 is 20.4 Å². The van der Waals surface area contributed by atoms with E-state index in [1.807, 2.05) is 55.3 Å². The largest absolute Gasteiger partial charge is 0.370 e. The van der Waals surface area contributed by atoms with Crippen LogP contribution in [0.25, 0.3) is 0 Å². The summed E-state index contributed by atoms with van der Waals surface area (Å²) < 4.78 is 14.4. The van der Waals surface area contributed by atoms with E-state index in [0.29, 0.717) is 24.7 Å². The Hall–Kier alpha value is -1.62. The lowest BCUT2D eigenvalue weighted by atomic mass is 10.2. The molecule has 2 rings (SSSR count). The Morgan fingerprint density at radius 3 is 2.39 bits per heavy atom. The predicted octanol–water partition coefficient (Wildman–Crippen LogP) is 3.68. The second-order valence-electron chi connectivity index (χ2n) is 6.25. The molecule has 0 unspecified atom stereocenters. The van der Waals surface area contributed by atoms with E-state index >= 15 is 0 Å². The highest BCUT2D eigenvalue weighted by atomic mass is 127. The first-order chi connectivity index (χ1) is 13.0. The van der Waals surface area contributed by atoms with E-state index in [2.05, 4.69) is 20.6 Å². The zero-order valence-electron chi connectivity index (χ0n) is 17.1. The van der Waals surface area contributed by atoms with Crippen LogP contribution in [0.15, 0.2) is 28.6 Å². The van der Waals surface area contributed by atoms with E-state index in [0.717, 1.165) is 29.5 Å². The Balaban J connectivity index is 0.00000392. The van der Waals surface area contributed by atoms with Crippen LogP contribution in [0, 0.1) is 5.82 Å². The number of halogens is 2. The van der Waals surface area contributed by atoms with E-state index < -0.39 is 0 Å². The number of aromatic nitrogens is 1. The van der Waals surface area contributed by atoms with E-state index in [-0.39, 0.29) is 29.8 Å². The molecule has 0 amide bonds. The second kappa shape index (κ2) is 12.1. The lowest BCUT2D eigenvalue weighted by Gasteiger charge is -2.22. The molecule has 0 saturated carbocycles. The molecule has 0 aliphatic heterocycles. The van der Waals surface area contributed by atoms with E-state index in [1.165, 1.54) is 0 Å². The molecule has 9 heteroatoms. The zero-order valence-corrected chi connectivity index (χ0v) is 20.3. The number of aliphatic imine (C=N–C) groups is 1. The van der Waals surface area contributed by atoms with Gasteiger partial charge in [0.25, 0.3) is 0 Å². The van der Waals surface area contributed by atoms with Crippen molar-refractivity contribution in [1.82, 2.24) is 15.6 Å². The van der Waals surface area contributed by atoms with Gasteiger partial charge in [0.2, 0.25) is 0 Å². The third kappa shape index (κ3) is 6.77. The fourth-order valence-electron chi connectivity index (χ4n) is 2.64. The minimum Gasteiger partial charge on any atom is -0.370 e. The molecule has 156 valence electrons. The lowest BCUT2D eigenvalue weighted by Crippen LogP contribution is -2.36. The molecular weight excluding hydrogens is 490 g/mol. The van der Waals surface area contributed by atoms with Crippen molar-refractivity contribution in [2.45, 2.75) is 26.9 Å². The molecule has 0 radical (unpaired) electrons. The molecule has 2 N–H and O–H groups in total. The third-order valence-corrected chi connectivity index (χ3v) is 5.22. The van der Waals surface area contributed by atoms with Gasteiger partial charge in [-0.25, -0.2) is 9.37 Å². The molecule has 0 bridgehead atoms. The van der Waals surface area contributed by atoms with Gasteiger partial charge < -0.3 is 20.4 Å². The number of anilines is 2. The number of nitrogens with one attached hydrogen (secondary N) is 2. The average molecular weight is 520 g/mol. The third-order valence-electron chi connectivity index (χ3n) is 4.16. The normalized spacial score (nSPS) is 11.0. The number of benzene rings is 1. The summed E-state index contributed by atoms with van der Waals surface area (Å²) in [5, 5.41) is 9.44. The SMILES string of the molecule is CCN(CC)c1ccc(CNC(=NC)NCc2csc(N(C)C)n2)cc1F.I. The number of nitrogens with zero attached hydrogens (tertiary/aromatic N) is 4. The van der Waals surface area contributed by atoms with Gasteiger partial charge in [0.15, 0.2) is 11.1 Å². The molecule has 0 atom stereocenters. The molecule has 2 aromatic rings. The first-order valence-corrected chi connectivity index (χ1v) is 9.96. The lowest BCUT2D eigenvalue weighted by molar-refractivity contribution is 0.617. The molecule has 1 aromatic heterocycles. The molecule has 1 aromatic carbocycles. The van der Waals surface area contributed by atoms with Crippen molar-refractivity contribution < 1.29 is 4.39 Å². The van der Waals surface area contributed by atoms with Crippen LogP contribution in [0.2, 0.25) is 0 Å². The first kappa shape index (κ1) is 24.4. The van der Waals surface area contributed by atoms with Crippen molar-refractivity contribution in [2.75, 3.05) is 44.0 Å². The maximum Gasteiger partial charge on any atom is 0.191 e. The van der Waals surface area contributed by atoms with Gasteiger partial charge in [0.1, 0.15) is 5.82 Å². The van der Waals surface area contributed by atoms with Gasteiger partial charge in [0, 0.05) is 46.2 Å². The van der Waals surface area contributed by atoms with Crippen molar-refractivity contribution in [3.63, 3.8) is 0 Å². The number of hydrogen-bond donors (Lipinski definition) is 2. The fraction of sp³-hybridized carbons (Fsp3) is 0.474. The van der Waals surface area contributed by atoms with E-state index in [1.54, 1.807) is 24.5 Å². The van der Waals surface area contributed by atoms with Crippen LogP contribution in [0.1, 0.15) is 25.1 Å². The van der Waals surface area contributed by atoms with Crippen LogP contribution in [0.4, 0.5) is 15.2 Å². The smallest absolute Gasteiger partial charge is 0.191 e. The summed E-state index contributed by atoms with van der Waals surface area (Å²) in [6.45, 7) is 6.70. The first-order valence-electron chi connectivity index (χ1n) is 9.08. The highest BCUT2D eigenvalue weighted by Crippen LogP contribution is 2.20. The maximum atomic E-state index is 14.4. The van der Waals surface area contributed by atoms with Crippen LogP contribution in [-0.2, 0) is 13.1 Å². The van der Waals surface area contributed by atoms with Gasteiger partial charge in [-0.15, -0.1) is 35.3 Å². The Labute approximate surface area is 188 Å². The van der Waals surface area contributed by atoms with Crippen LogP contribution in [-0.4, -0.2) is 45.2 Å². The molecule has 0 fully saturated rings. The summed E-state index contributed by atoms with van der Waals surface area (Å²) in [6, 6.07) is 5.37. The van der Waals surface area contributed by atoms with Crippen molar-refractivity contribution in [3.05, 3.63) is 40.7 Å². The Bertz CT molecular complexity index is 761. The minimum atomic E-state index is -0.195. The number of thiazole rings is 1. The molecule has 1 heterocycles. The van der Waals surface area contributed by atoms with Gasteiger partial charge in [0.05, 0.1) is 17.9 Å². The topological polar surface area (TPSA) is 55.8 Å². The summed E-state index contributed by atoms with van der Waals surface area (Å²) in [7, 11) is 5.66. The zero-order chi connectivity index (χ0) is 19.8. The van der Waals surface area contributed by atoms with Crippen molar-refractivity contribution in [2.24, 2.45) is 4.99 Å². The number of hydrogen-bond acceptors (Lipinski definition) is 5. The minimum absolute atomic E-state index is 0. The van der Waals surface area contributed by atoms with Gasteiger partial charge in [-0.2, -0.15) is 0 Å². The van der Waals surface area contributed by atoms with Crippen LogP contribution >= 0.6 is 35.3 Å². The van der Waals surface area contributed by atoms with E-state index in [9.17, 15) is 4.39 Å². The Morgan fingerprint density at radius 1 is 1.18 bits per heavy atom. The Kier molecular flexibility index (Phi) is 10.5. The maximum absolute atomic E-state index is 14.4. The van der Waals surface area contributed by atoms with Crippen LogP contribution in [0.5, 0.6) is 0 Å². The highest BCUT2D eigenvalue weighted by Gasteiger charge is 2.10. The highest BCUT2D eigenvalue weighted by molar-refractivity contribution is 14.0. The van der Waals surface area contributed by atoms with Gasteiger partial charge in [-0.05, 0) is 31.5 Å². The molecule has 6 nitrogen and oxygen atoms in total. The van der Waals surface area contributed by atoms with E-state index in [4.69, 9.17) is 0 Å². The second-order valence-corrected chi connectivity index (χ2v) is 7.09. The predicted molar refractivity (Wildman–Crippen MR) is 129 cm³/mol. The average Bonchev–Trinajstić information content (AvgIpc) is 3.13. The molecule has 28 heavy (non-hydrogen) atoms.